The molecule has 0 aliphatic rings. The van der Waals surface area contributed by atoms with Gasteiger partial charge in [0.15, 0.2) is 0 Å². The molecule has 1 amide bonds. The second-order valence-electron chi connectivity index (χ2n) is 5.70. The molecule has 27 heavy (non-hydrogen) atoms. The molecule has 7 heteroatoms. The molecule has 0 aliphatic carbocycles. The third-order valence-corrected chi connectivity index (χ3v) is 4.15. The molecule has 0 bridgehead atoms. The maximum Gasteiger partial charge on any atom is 0.280 e. The zero-order valence-electron chi connectivity index (χ0n) is 14.2. The third kappa shape index (κ3) is 3.75. The largest absolute Gasteiger partial charge is 0.506 e. The molecule has 1 heterocycles. The van der Waals surface area contributed by atoms with Gasteiger partial charge in [-0.05, 0) is 29.8 Å². The van der Waals surface area contributed by atoms with Crippen molar-refractivity contribution in [1.29, 1.82) is 0 Å². The number of carbonyl (C=O) groups excluding carboxylic acids is 1. The fraction of sp³-hybridized carbons (Fsp3) is 0.0500. The number of allylic oxidation sites excluding steroid dienone is 1. The minimum atomic E-state index is -0.806. The summed E-state index contributed by atoms with van der Waals surface area (Å²) in [5.74, 6) is -1.19. The van der Waals surface area contributed by atoms with E-state index in [1.54, 1.807) is 54.6 Å². The summed E-state index contributed by atoms with van der Waals surface area (Å²) in [6.45, 7) is 3.83. The minimum Gasteiger partial charge on any atom is -0.506 e. The van der Waals surface area contributed by atoms with Gasteiger partial charge >= 0.3 is 0 Å². The number of nitrogens with zero attached hydrogens (tertiary/aromatic N) is 2. The molecular formula is C20H16ClN3O3. The molecule has 0 aliphatic heterocycles. The standard InChI is InChI=1S/C20H16ClN3O3/c1-2-10-24-16-9-4-3-8-15(16)18(25)17(20(24)27)19(26)23-22-12-13-6-5-7-14(21)11-13/h2-9,11-12,25H,1,10H2,(H,23,26)/b22-12-. The molecule has 0 atom stereocenters. The maximum atomic E-state index is 12.7. The van der Waals surface area contributed by atoms with Gasteiger partial charge in [0.1, 0.15) is 11.3 Å². The maximum absolute atomic E-state index is 12.7. The van der Waals surface area contributed by atoms with E-state index in [-0.39, 0.29) is 17.9 Å². The van der Waals surface area contributed by atoms with E-state index in [1.165, 1.54) is 10.8 Å². The Morgan fingerprint density at radius 3 is 2.78 bits per heavy atom. The van der Waals surface area contributed by atoms with Crippen LogP contribution in [0.1, 0.15) is 15.9 Å². The first-order valence-electron chi connectivity index (χ1n) is 8.07. The van der Waals surface area contributed by atoms with Gasteiger partial charge in [0.05, 0.1) is 11.7 Å². The van der Waals surface area contributed by atoms with Crippen molar-refractivity contribution in [2.45, 2.75) is 6.54 Å². The van der Waals surface area contributed by atoms with Crippen LogP contribution in [-0.4, -0.2) is 21.8 Å². The smallest absolute Gasteiger partial charge is 0.280 e. The zero-order chi connectivity index (χ0) is 19.4. The zero-order valence-corrected chi connectivity index (χ0v) is 15.0. The van der Waals surface area contributed by atoms with Crippen molar-refractivity contribution in [3.63, 3.8) is 0 Å². The van der Waals surface area contributed by atoms with Crippen molar-refractivity contribution in [2.75, 3.05) is 0 Å². The molecule has 136 valence electrons. The van der Waals surface area contributed by atoms with Crippen LogP contribution < -0.4 is 11.0 Å². The van der Waals surface area contributed by atoms with Crippen LogP contribution in [0.25, 0.3) is 10.9 Å². The molecular weight excluding hydrogens is 366 g/mol. The van der Waals surface area contributed by atoms with Gasteiger partial charge in [-0.25, -0.2) is 5.43 Å². The highest BCUT2D eigenvalue weighted by Gasteiger charge is 2.21. The molecule has 0 saturated carbocycles. The van der Waals surface area contributed by atoms with E-state index < -0.39 is 11.5 Å². The Balaban J connectivity index is 1.99. The van der Waals surface area contributed by atoms with Gasteiger partial charge in [-0.1, -0.05) is 41.9 Å². The number of amides is 1. The number of hydrogen-bond donors (Lipinski definition) is 2. The fourth-order valence-electron chi connectivity index (χ4n) is 2.71. The van der Waals surface area contributed by atoms with E-state index >= 15 is 0 Å². The van der Waals surface area contributed by atoms with Crippen molar-refractivity contribution in [3.05, 3.63) is 87.7 Å². The van der Waals surface area contributed by atoms with Crippen molar-refractivity contribution in [3.8, 4) is 5.75 Å². The van der Waals surface area contributed by atoms with Gasteiger partial charge in [0, 0.05) is 17.0 Å². The van der Waals surface area contributed by atoms with Crippen molar-refractivity contribution >= 4 is 34.6 Å². The average Bonchev–Trinajstić information content (AvgIpc) is 2.65. The van der Waals surface area contributed by atoms with Crippen LogP contribution in [0.3, 0.4) is 0 Å². The second kappa shape index (κ2) is 7.88. The summed E-state index contributed by atoms with van der Waals surface area (Å²) in [6, 6.07) is 13.7. The Morgan fingerprint density at radius 2 is 2.04 bits per heavy atom. The summed E-state index contributed by atoms with van der Waals surface area (Å²) in [5, 5.41) is 15.2. The normalized spacial score (nSPS) is 11.0. The number of carbonyl (C=O) groups is 1. The summed E-state index contributed by atoms with van der Waals surface area (Å²) >= 11 is 5.89. The molecule has 1 aromatic heterocycles. The number of para-hydroxylation sites is 1. The fourth-order valence-corrected chi connectivity index (χ4v) is 2.91. The highest BCUT2D eigenvalue weighted by Crippen LogP contribution is 2.26. The number of hydrogen-bond acceptors (Lipinski definition) is 4. The van der Waals surface area contributed by atoms with Crippen molar-refractivity contribution in [2.24, 2.45) is 5.10 Å². The molecule has 6 nitrogen and oxygen atoms in total. The minimum absolute atomic E-state index is 0.200. The molecule has 0 saturated heterocycles. The van der Waals surface area contributed by atoms with E-state index in [2.05, 4.69) is 17.1 Å². The molecule has 3 aromatic rings. The second-order valence-corrected chi connectivity index (χ2v) is 6.14. The quantitative estimate of drug-likeness (QED) is 0.404. The predicted molar refractivity (Wildman–Crippen MR) is 107 cm³/mol. The number of aromatic hydroxyl groups is 1. The van der Waals surface area contributed by atoms with E-state index in [0.29, 0.717) is 21.5 Å². The number of fused-ring (bicyclic) bond motifs is 1. The van der Waals surface area contributed by atoms with E-state index in [9.17, 15) is 14.7 Å². The Hall–Kier alpha value is -3.38. The number of pyridine rings is 1. The first-order chi connectivity index (χ1) is 13.0. The highest BCUT2D eigenvalue weighted by atomic mass is 35.5. The average molecular weight is 382 g/mol. The van der Waals surface area contributed by atoms with Crippen LogP contribution in [0, 0.1) is 0 Å². The third-order valence-electron chi connectivity index (χ3n) is 3.91. The van der Waals surface area contributed by atoms with Gasteiger partial charge in [0.2, 0.25) is 0 Å². The Morgan fingerprint density at radius 1 is 1.26 bits per heavy atom. The first kappa shape index (κ1) is 18.4. The van der Waals surface area contributed by atoms with Gasteiger partial charge in [-0.2, -0.15) is 5.10 Å². The van der Waals surface area contributed by atoms with Crippen molar-refractivity contribution < 1.29 is 9.90 Å². The molecule has 0 fully saturated rings. The lowest BCUT2D eigenvalue weighted by molar-refractivity contribution is 0.0950. The molecule has 0 radical (unpaired) electrons. The van der Waals surface area contributed by atoms with Crippen LogP contribution >= 0.6 is 11.6 Å². The Labute approximate surface area is 160 Å². The van der Waals surface area contributed by atoms with Gasteiger partial charge in [-0.3, -0.25) is 9.59 Å². The van der Waals surface area contributed by atoms with Crippen LogP contribution in [0.15, 0.2) is 71.1 Å². The number of aromatic nitrogens is 1. The molecule has 0 spiro atoms. The van der Waals surface area contributed by atoms with Gasteiger partial charge < -0.3 is 9.67 Å². The Kier molecular flexibility index (Phi) is 5.38. The summed E-state index contributed by atoms with van der Waals surface area (Å²) in [5.41, 5.74) is 2.46. The SMILES string of the molecule is C=CCn1c(=O)c(C(=O)N/N=C\c2cccc(Cl)c2)c(O)c2ccccc21. The molecule has 3 rings (SSSR count). The van der Waals surface area contributed by atoms with E-state index in [4.69, 9.17) is 11.6 Å². The van der Waals surface area contributed by atoms with Gasteiger partial charge in [-0.15, -0.1) is 6.58 Å². The molecule has 0 unspecified atom stereocenters. The number of halogens is 1. The summed E-state index contributed by atoms with van der Waals surface area (Å²) < 4.78 is 1.37. The lowest BCUT2D eigenvalue weighted by Crippen LogP contribution is -2.31. The van der Waals surface area contributed by atoms with Crippen LogP contribution in [0.4, 0.5) is 0 Å². The Bertz CT molecular complexity index is 1120. The molecule has 2 aromatic carbocycles. The number of benzene rings is 2. The lowest BCUT2D eigenvalue weighted by Gasteiger charge is -2.12. The summed E-state index contributed by atoms with van der Waals surface area (Å²) in [6.07, 6.45) is 2.94. The predicted octanol–water partition coefficient (Wildman–Crippen LogP) is 3.31. The van der Waals surface area contributed by atoms with Crippen molar-refractivity contribution in [1.82, 2.24) is 9.99 Å². The van der Waals surface area contributed by atoms with Crippen LogP contribution in [0.2, 0.25) is 5.02 Å². The number of nitrogens with one attached hydrogen (secondary N) is 1. The van der Waals surface area contributed by atoms with E-state index in [0.717, 1.165) is 0 Å². The number of rotatable bonds is 5. The van der Waals surface area contributed by atoms with Crippen LogP contribution in [-0.2, 0) is 6.54 Å². The molecule has 2 N–H and O–H groups in total. The lowest BCUT2D eigenvalue weighted by atomic mass is 10.1. The summed E-state index contributed by atoms with van der Waals surface area (Å²) in [7, 11) is 0. The summed E-state index contributed by atoms with van der Waals surface area (Å²) in [4.78, 5) is 25.2. The van der Waals surface area contributed by atoms with E-state index in [1.807, 2.05) is 0 Å². The highest BCUT2D eigenvalue weighted by molar-refractivity contribution is 6.30. The van der Waals surface area contributed by atoms with Gasteiger partial charge in [0.25, 0.3) is 11.5 Å². The number of hydrazone groups is 1. The van der Waals surface area contributed by atoms with Crippen LogP contribution in [0.5, 0.6) is 5.75 Å². The monoisotopic (exact) mass is 381 g/mol. The topological polar surface area (TPSA) is 83.7 Å². The first-order valence-corrected chi connectivity index (χ1v) is 8.45.